The summed E-state index contributed by atoms with van der Waals surface area (Å²) in [6.45, 7) is 4.74. The molecule has 3 aromatic rings. The number of carbonyl (C=O) groups excluding carboxylic acids is 1. The van der Waals surface area contributed by atoms with E-state index in [-0.39, 0.29) is 17.1 Å². The highest BCUT2D eigenvalue weighted by Crippen LogP contribution is 2.19. The van der Waals surface area contributed by atoms with Gasteiger partial charge in [0, 0.05) is 37.5 Å². The molecule has 4 rings (SSSR count). The molecule has 0 saturated heterocycles. The van der Waals surface area contributed by atoms with Gasteiger partial charge in [0.15, 0.2) is 0 Å². The van der Waals surface area contributed by atoms with Crippen molar-refractivity contribution in [1.29, 1.82) is 0 Å². The third kappa shape index (κ3) is 4.76. The minimum absolute atomic E-state index is 0.00312. The summed E-state index contributed by atoms with van der Waals surface area (Å²) >= 11 is 0. The second-order valence-corrected chi connectivity index (χ2v) is 8.26. The van der Waals surface area contributed by atoms with Crippen LogP contribution in [0.5, 0.6) is 0 Å². The number of aryl methyl sites for hydroxylation is 3. The second kappa shape index (κ2) is 9.29. The first-order valence-corrected chi connectivity index (χ1v) is 11.0. The quantitative estimate of drug-likeness (QED) is 0.595. The Morgan fingerprint density at radius 3 is 2.74 bits per heavy atom. The van der Waals surface area contributed by atoms with Gasteiger partial charge in [0.1, 0.15) is 5.82 Å². The minimum atomic E-state index is -0.227. The standard InChI is InChI=1S/C24H29N5O2/c1-17-8-9-20(16-18(17)2)28-14-15-29-21(26-27-23(29)24(28)31)10-11-22(30)25-13-12-19-6-4-3-5-7-19/h6,8-9,14-16H,3-5,7,10-13H2,1-2H3,(H,25,30). The number of nitrogens with zero attached hydrogens (tertiary/aromatic N) is 4. The first kappa shape index (κ1) is 21.0. The third-order valence-corrected chi connectivity index (χ3v) is 6.04. The number of aromatic nitrogens is 4. The lowest BCUT2D eigenvalue weighted by Gasteiger charge is -2.12. The van der Waals surface area contributed by atoms with Gasteiger partial charge in [0.05, 0.1) is 0 Å². The molecule has 1 aromatic carbocycles. The molecule has 1 aliphatic carbocycles. The van der Waals surface area contributed by atoms with Crippen molar-refractivity contribution in [2.45, 2.75) is 58.8 Å². The molecule has 7 heteroatoms. The highest BCUT2D eigenvalue weighted by molar-refractivity contribution is 5.76. The van der Waals surface area contributed by atoms with Crippen molar-refractivity contribution in [1.82, 2.24) is 24.5 Å². The van der Waals surface area contributed by atoms with Crippen LogP contribution < -0.4 is 10.9 Å². The van der Waals surface area contributed by atoms with E-state index in [0.29, 0.717) is 25.2 Å². The van der Waals surface area contributed by atoms with Gasteiger partial charge in [-0.05, 0) is 69.2 Å². The van der Waals surface area contributed by atoms with Crippen molar-refractivity contribution in [3.63, 3.8) is 0 Å². The first-order chi connectivity index (χ1) is 15.0. The van der Waals surface area contributed by atoms with Crippen LogP contribution in [0.4, 0.5) is 0 Å². The van der Waals surface area contributed by atoms with E-state index in [1.165, 1.54) is 24.0 Å². The lowest BCUT2D eigenvalue weighted by molar-refractivity contribution is -0.121. The van der Waals surface area contributed by atoms with Crippen LogP contribution >= 0.6 is 0 Å². The molecular formula is C24H29N5O2. The highest BCUT2D eigenvalue weighted by atomic mass is 16.1. The van der Waals surface area contributed by atoms with Crippen molar-refractivity contribution in [3.05, 3.63) is 69.5 Å². The Morgan fingerprint density at radius 2 is 1.97 bits per heavy atom. The molecule has 2 aromatic heterocycles. The molecule has 0 fully saturated rings. The predicted octanol–water partition coefficient (Wildman–Crippen LogP) is 3.44. The first-order valence-electron chi connectivity index (χ1n) is 11.0. The van der Waals surface area contributed by atoms with Crippen LogP contribution in [0.1, 0.15) is 55.5 Å². The van der Waals surface area contributed by atoms with Gasteiger partial charge in [-0.1, -0.05) is 17.7 Å². The zero-order chi connectivity index (χ0) is 21.8. The number of rotatable bonds is 7. The van der Waals surface area contributed by atoms with Crippen LogP contribution in [0.3, 0.4) is 0 Å². The number of carbonyl (C=O) groups is 1. The maximum absolute atomic E-state index is 12.9. The van der Waals surface area contributed by atoms with Gasteiger partial charge in [0.2, 0.25) is 11.6 Å². The fourth-order valence-corrected chi connectivity index (χ4v) is 3.99. The average Bonchev–Trinajstić information content (AvgIpc) is 3.19. The molecule has 31 heavy (non-hydrogen) atoms. The van der Waals surface area contributed by atoms with E-state index >= 15 is 0 Å². The predicted molar refractivity (Wildman–Crippen MR) is 121 cm³/mol. The van der Waals surface area contributed by atoms with Crippen molar-refractivity contribution >= 4 is 11.6 Å². The van der Waals surface area contributed by atoms with Crippen LogP contribution in [0.25, 0.3) is 11.3 Å². The Bertz CT molecular complexity index is 1190. The van der Waals surface area contributed by atoms with Gasteiger partial charge < -0.3 is 5.32 Å². The second-order valence-electron chi connectivity index (χ2n) is 8.26. The summed E-state index contributed by atoms with van der Waals surface area (Å²) in [4.78, 5) is 25.2. The minimum Gasteiger partial charge on any atom is -0.356 e. The molecule has 0 bridgehead atoms. The molecule has 1 N–H and O–H groups in total. The third-order valence-electron chi connectivity index (χ3n) is 6.04. The van der Waals surface area contributed by atoms with E-state index in [0.717, 1.165) is 30.5 Å². The molecule has 2 heterocycles. The number of hydrogen-bond donors (Lipinski definition) is 1. The molecule has 1 aliphatic rings. The molecule has 1 amide bonds. The Hall–Kier alpha value is -3.22. The molecule has 0 saturated carbocycles. The summed E-state index contributed by atoms with van der Waals surface area (Å²) in [5.74, 6) is 0.612. The highest BCUT2D eigenvalue weighted by Gasteiger charge is 2.13. The molecule has 7 nitrogen and oxygen atoms in total. The monoisotopic (exact) mass is 419 g/mol. The Kier molecular flexibility index (Phi) is 6.30. The van der Waals surface area contributed by atoms with Gasteiger partial charge in [0.25, 0.3) is 0 Å². The number of benzene rings is 1. The summed E-state index contributed by atoms with van der Waals surface area (Å²) < 4.78 is 3.26. The molecule has 0 aliphatic heterocycles. The van der Waals surface area contributed by atoms with E-state index in [1.807, 2.05) is 32.0 Å². The zero-order valence-electron chi connectivity index (χ0n) is 18.2. The summed E-state index contributed by atoms with van der Waals surface area (Å²) in [7, 11) is 0. The van der Waals surface area contributed by atoms with Crippen LogP contribution in [-0.4, -0.2) is 31.6 Å². The van der Waals surface area contributed by atoms with E-state index in [1.54, 1.807) is 21.4 Å². The van der Waals surface area contributed by atoms with Gasteiger partial charge in [-0.15, -0.1) is 10.2 Å². The SMILES string of the molecule is Cc1ccc(-n2ccn3c(CCC(=O)NCCC4=CCCCC4)nnc3c2=O)cc1C. The van der Waals surface area contributed by atoms with Crippen molar-refractivity contribution in [2.75, 3.05) is 6.54 Å². The lowest BCUT2D eigenvalue weighted by Crippen LogP contribution is -2.25. The number of fused-ring (bicyclic) bond motifs is 1. The fourth-order valence-electron chi connectivity index (χ4n) is 3.99. The van der Waals surface area contributed by atoms with E-state index in [9.17, 15) is 9.59 Å². The van der Waals surface area contributed by atoms with Crippen LogP contribution in [0, 0.1) is 13.8 Å². The summed E-state index contributed by atoms with van der Waals surface area (Å²) in [6.07, 6.45) is 12.3. The van der Waals surface area contributed by atoms with Crippen molar-refractivity contribution < 1.29 is 4.79 Å². The molecule has 0 unspecified atom stereocenters. The summed E-state index contributed by atoms with van der Waals surface area (Å²) in [6, 6.07) is 5.91. The maximum atomic E-state index is 12.9. The number of nitrogens with one attached hydrogen (secondary N) is 1. The van der Waals surface area contributed by atoms with Crippen LogP contribution in [0.15, 0.2) is 47.0 Å². The average molecular weight is 420 g/mol. The fraction of sp³-hybridized carbons (Fsp3) is 0.417. The zero-order valence-corrected chi connectivity index (χ0v) is 18.2. The van der Waals surface area contributed by atoms with E-state index in [2.05, 4.69) is 21.6 Å². The molecule has 0 spiro atoms. The lowest BCUT2D eigenvalue weighted by atomic mass is 9.97. The van der Waals surface area contributed by atoms with Crippen molar-refractivity contribution in [2.24, 2.45) is 0 Å². The van der Waals surface area contributed by atoms with Crippen LogP contribution in [0.2, 0.25) is 0 Å². The van der Waals surface area contributed by atoms with Gasteiger partial charge in [-0.2, -0.15) is 0 Å². The number of amides is 1. The molecule has 0 radical (unpaired) electrons. The number of allylic oxidation sites excluding steroid dienone is 1. The number of hydrogen-bond acceptors (Lipinski definition) is 4. The summed E-state index contributed by atoms with van der Waals surface area (Å²) in [5.41, 5.74) is 4.59. The van der Waals surface area contributed by atoms with E-state index < -0.39 is 0 Å². The largest absolute Gasteiger partial charge is 0.356 e. The normalized spacial score (nSPS) is 13.9. The Labute approximate surface area is 181 Å². The van der Waals surface area contributed by atoms with Gasteiger partial charge >= 0.3 is 5.56 Å². The summed E-state index contributed by atoms with van der Waals surface area (Å²) in [5, 5.41) is 11.2. The molecule has 0 atom stereocenters. The maximum Gasteiger partial charge on any atom is 0.300 e. The van der Waals surface area contributed by atoms with Gasteiger partial charge in [-0.25, -0.2) is 0 Å². The van der Waals surface area contributed by atoms with Gasteiger partial charge in [-0.3, -0.25) is 18.6 Å². The Morgan fingerprint density at radius 1 is 1.10 bits per heavy atom. The van der Waals surface area contributed by atoms with Crippen LogP contribution in [-0.2, 0) is 11.2 Å². The molecular weight excluding hydrogens is 390 g/mol. The smallest absolute Gasteiger partial charge is 0.300 e. The Balaban J connectivity index is 1.40. The van der Waals surface area contributed by atoms with Crippen molar-refractivity contribution in [3.8, 4) is 5.69 Å². The molecule has 162 valence electrons. The topological polar surface area (TPSA) is 81.3 Å². The van der Waals surface area contributed by atoms with E-state index in [4.69, 9.17) is 0 Å².